The van der Waals surface area contributed by atoms with Crippen LogP contribution >= 0.6 is 11.3 Å². The number of nitrogens with one attached hydrogen (secondary N) is 2. The Bertz CT molecular complexity index is 747. The van der Waals surface area contributed by atoms with E-state index in [1.165, 1.54) is 18.4 Å². The van der Waals surface area contributed by atoms with Gasteiger partial charge in [0.05, 0.1) is 19.3 Å². The zero-order chi connectivity index (χ0) is 18.6. The number of hydrogen-bond donors (Lipinski definition) is 2. The predicted molar refractivity (Wildman–Crippen MR) is 108 cm³/mol. The third-order valence-electron chi connectivity index (χ3n) is 4.94. The molecule has 1 aliphatic rings. The summed E-state index contributed by atoms with van der Waals surface area (Å²) in [6.45, 7) is 5.92. The second-order valence-corrected chi connectivity index (χ2v) is 8.05. The molecule has 6 heteroatoms. The minimum Gasteiger partial charge on any atom is -0.497 e. The number of aliphatic imine (C=N–C) groups is 1. The molecule has 3 rings (SSSR count). The van der Waals surface area contributed by atoms with Crippen LogP contribution < -0.4 is 15.4 Å². The van der Waals surface area contributed by atoms with Crippen molar-refractivity contribution in [3.63, 3.8) is 0 Å². The molecule has 1 aliphatic carbocycles. The van der Waals surface area contributed by atoms with Gasteiger partial charge in [0.25, 0.3) is 0 Å². The van der Waals surface area contributed by atoms with Crippen LogP contribution in [0, 0.1) is 0 Å². The van der Waals surface area contributed by atoms with Crippen molar-refractivity contribution in [3.05, 3.63) is 45.9 Å². The number of rotatable bonds is 7. The van der Waals surface area contributed by atoms with Crippen molar-refractivity contribution in [2.24, 2.45) is 4.99 Å². The molecule has 1 aromatic carbocycles. The summed E-state index contributed by atoms with van der Waals surface area (Å²) < 4.78 is 5.26. The van der Waals surface area contributed by atoms with E-state index >= 15 is 0 Å². The maximum Gasteiger partial charge on any atom is 0.191 e. The number of nitrogens with zero attached hydrogens (tertiary/aromatic N) is 2. The van der Waals surface area contributed by atoms with Gasteiger partial charge in [-0.2, -0.15) is 0 Å². The van der Waals surface area contributed by atoms with Crippen LogP contribution in [0.25, 0.3) is 0 Å². The molecule has 0 bridgehead atoms. The lowest BCUT2D eigenvalue weighted by atomic mass is 9.96. The number of guanidine groups is 1. The lowest BCUT2D eigenvalue weighted by Gasteiger charge is -2.19. The molecule has 5 nitrogen and oxygen atoms in total. The SMILES string of the molecule is CN=C(NCc1nc(C(C)C)cs1)NCC1(c2ccc(OC)cc2)CC1. The molecule has 0 spiro atoms. The highest BCUT2D eigenvalue weighted by Gasteiger charge is 2.44. The molecule has 0 aliphatic heterocycles. The molecule has 0 atom stereocenters. The van der Waals surface area contributed by atoms with Gasteiger partial charge < -0.3 is 15.4 Å². The highest BCUT2D eigenvalue weighted by Crippen LogP contribution is 2.47. The average molecular weight is 373 g/mol. The first-order valence-corrected chi connectivity index (χ1v) is 9.97. The van der Waals surface area contributed by atoms with Crippen LogP contribution in [0.1, 0.15) is 48.9 Å². The predicted octanol–water partition coefficient (Wildman–Crippen LogP) is 3.67. The highest BCUT2D eigenvalue weighted by atomic mass is 32.1. The van der Waals surface area contributed by atoms with Gasteiger partial charge in [0.2, 0.25) is 0 Å². The number of ether oxygens (including phenoxy) is 1. The van der Waals surface area contributed by atoms with Gasteiger partial charge in [0.15, 0.2) is 5.96 Å². The summed E-state index contributed by atoms with van der Waals surface area (Å²) >= 11 is 1.70. The van der Waals surface area contributed by atoms with Crippen LogP contribution in [0.3, 0.4) is 0 Å². The van der Waals surface area contributed by atoms with Gasteiger partial charge in [-0.15, -0.1) is 11.3 Å². The van der Waals surface area contributed by atoms with Crippen molar-refractivity contribution < 1.29 is 4.74 Å². The summed E-state index contributed by atoms with van der Waals surface area (Å²) in [5, 5.41) is 10.1. The number of aromatic nitrogens is 1. The molecule has 2 N–H and O–H groups in total. The molecule has 1 heterocycles. The Morgan fingerprint density at radius 1 is 1.27 bits per heavy atom. The molecular formula is C20H28N4OS. The van der Waals surface area contributed by atoms with Crippen molar-refractivity contribution in [2.75, 3.05) is 20.7 Å². The maximum atomic E-state index is 5.26. The molecule has 0 unspecified atom stereocenters. The van der Waals surface area contributed by atoms with Crippen LogP contribution in [0.2, 0.25) is 0 Å². The maximum absolute atomic E-state index is 5.26. The van der Waals surface area contributed by atoms with Crippen molar-refractivity contribution in [2.45, 2.75) is 44.6 Å². The van der Waals surface area contributed by atoms with Crippen LogP contribution in [0.15, 0.2) is 34.6 Å². The topological polar surface area (TPSA) is 58.5 Å². The van der Waals surface area contributed by atoms with Gasteiger partial charge in [-0.3, -0.25) is 4.99 Å². The van der Waals surface area contributed by atoms with Gasteiger partial charge in [-0.05, 0) is 36.5 Å². The normalized spacial score (nSPS) is 15.8. The average Bonchev–Trinajstić information content (AvgIpc) is 3.30. The molecule has 2 aromatic rings. The monoisotopic (exact) mass is 372 g/mol. The Kier molecular flexibility index (Phi) is 5.81. The quantitative estimate of drug-likeness (QED) is 0.575. The standard InChI is InChI=1S/C20H28N4OS/c1-14(2)17-12-26-18(24-17)11-22-19(21-3)23-13-20(9-10-20)15-5-7-16(25-4)8-6-15/h5-8,12,14H,9-11,13H2,1-4H3,(H2,21,22,23). The van der Waals surface area contributed by atoms with E-state index in [9.17, 15) is 0 Å². The van der Waals surface area contributed by atoms with E-state index in [4.69, 9.17) is 4.74 Å². The van der Waals surface area contributed by atoms with Gasteiger partial charge in [0.1, 0.15) is 10.8 Å². The lowest BCUT2D eigenvalue weighted by molar-refractivity contribution is 0.414. The third-order valence-corrected chi connectivity index (χ3v) is 5.81. The van der Waals surface area contributed by atoms with Gasteiger partial charge in [-0.1, -0.05) is 26.0 Å². The Morgan fingerprint density at radius 2 is 2.00 bits per heavy atom. The van der Waals surface area contributed by atoms with Crippen molar-refractivity contribution in [1.29, 1.82) is 0 Å². The fourth-order valence-corrected chi connectivity index (χ4v) is 3.86. The van der Waals surface area contributed by atoms with Crippen LogP contribution in [0.5, 0.6) is 5.75 Å². The van der Waals surface area contributed by atoms with E-state index in [1.807, 2.05) is 19.2 Å². The summed E-state index contributed by atoms with van der Waals surface area (Å²) in [7, 11) is 3.51. The molecule has 0 radical (unpaired) electrons. The van der Waals surface area contributed by atoms with E-state index in [1.54, 1.807) is 18.4 Å². The Labute approximate surface area is 159 Å². The zero-order valence-corrected chi connectivity index (χ0v) is 16.8. The van der Waals surface area contributed by atoms with Crippen molar-refractivity contribution in [3.8, 4) is 5.75 Å². The first-order valence-electron chi connectivity index (χ1n) is 9.09. The number of methoxy groups -OCH3 is 1. The van der Waals surface area contributed by atoms with Gasteiger partial charge >= 0.3 is 0 Å². The molecule has 0 amide bonds. The zero-order valence-electron chi connectivity index (χ0n) is 16.0. The Hall–Kier alpha value is -2.08. The molecule has 26 heavy (non-hydrogen) atoms. The van der Waals surface area contributed by atoms with Crippen LogP contribution in [0.4, 0.5) is 0 Å². The second-order valence-electron chi connectivity index (χ2n) is 7.11. The van der Waals surface area contributed by atoms with Gasteiger partial charge in [-0.25, -0.2) is 4.98 Å². The lowest BCUT2D eigenvalue weighted by Crippen LogP contribution is -2.40. The summed E-state index contributed by atoms with van der Waals surface area (Å²) in [6.07, 6.45) is 2.40. The minimum atomic E-state index is 0.218. The van der Waals surface area contributed by atoms with Crippen molar-refractivity contribution >= 4 is 17.3 Å². The van der Waals surface area contributed by atoms with Crippen molar-refractivity contribution in [1.82, 2.24) is 15.6 Å². The smallest absolute Gasteiger partial charge is 0.191 e. The Balaban J connectivity index is 1.53. The van der Waals surface area contributed by atoms with E-state index in [0.717, 1.165) is 29.0 Å². The summed E-state index contributed by atoms with van der Waals surface area (Å²) in [6, 6.07) is 8.42. The summed E-state index contributed by atoms with van der Waals surface area (Å²) in [4.78, 5) is 9.01. The number of hydrogen-bond acceptors (Lipinski definition) is 4. The fraction of sp³-hybridized carbons (Fsp3) is 0.500. The fourth-order valence-electron chi connectivity index (χ4n) is 2.97. The summed E-state index contributed by atoms with van der Waals surface area (Å²) in [5.41, 5.74) is 2.74. The molecule has 0 saturated heterocycles. The molecule has 1 saturated carbocycles. The number of benzene rings is 1. The molecule has 1 aromatic heterocycles. The first kappa shape index (κ1) is 18.7. The first-order chi connectivity index (χ1) is 12.6. The molecule has 1 fully saturated rings. The van der Waals surface area contributed by atoms with E-state index in [-0.39, 0.29) is 5.41 Å². The molecule has 140 valence electrons. The largest absolute Gasteiger partial charge is 0.497 e. The second kappa shape index (κ2) is 8.08. The van der Waals surface area contributed by atoms with E-state index < -0.39 is 0 Å². The Morgan fingerprint density at radius 3 is 2.54 bits per heavy atom. The molecular weight excluding hydrogens is 344 g/mol. The van der Waals surface area contributed by atoms with E-state index in [2.05, 4.69) is 52.0 Å². The highest BCUT2D eigenvalue weighted by molar-refractivity contribution is 7.09. The minimum absolute atomic E-state index is 0.218. The van der Waals surface area contributed by atoms with Gasteiger partial charge in [0, 0.05) is 24.4 Å². The van der Waals surface area contributed by atoms with E-state index in [0.29, 0.717) is 12.5 Å². The van der Waals surface area contributed by atoms with Crippen LogP contribution in [-0.4, -0.2) is 31.6 Å². The van der Waals surface area contributed by atoms with Crippen LogP contribution in [-0.2, 0) is 12.0 Å². The summed E-state index contributed by atoms with van der Waals surface area (Å²) in [5.74, 6) is 2.20. The number of thiazole rings is 1. The third kappa shape index (κ3) is 4.36.